The maximum atomic E-state index is 12.5. The van der Waals surface area contributed by atoms with Crippen LogP contribution in [0.2, 0.25) is 0 Å². The fraction of sp³-hybridized carbons (Fsp3) is 0.655. The first kappa shape index (κ1) is 28.2. The second-order valence-electron chi connectivity index (χ2n) is 11.7. The van der Waals surface area contributed by atoms with E-state index in [4.69, 9.17) is 19.2 Å². The van der Waals surface area contributed by atoms with E-state index >= 15 is 0 Å². The van der Waals surface area contributed by atoms with E-state index in [1.807, 2.05) is 33.9 Å². The number of aromatic nitrogens is 2. The van der Waals surface area contributed by atoms with Crippen molar-refractivity contribution in [3.8, 4) is 0 Å². The third-order valence-corrected chi connectivity index (χ3v) is 7.07. The highest BCUT2D eigenvalue weighted by atomic mass is 16.6. The third kappa shape index (κ3) is 6.99. The number of rotatable bonds is 8. The molecule has 2 aromatic heterocycles. The van der Waals surface area contributed by atoms with E-state index in [1.165, 1.54) is 0 Å². The van der Waals surface area contributed by atoms with Crippen LogP contribution in [0.25, 0.3) is 11.4 Å². The molecular formula is C29H45N5O4. The smallest absolute Gasteiger partial charge is 0.410 e. The highest BCUT2D eigenvalue weighted by Gasteiger charge is 2.30. The van der Waals surface area contributed by atoms with Crippen LogP contribution in [0.1, 0.15) is 71.6 Å². The number of morpholine rings is 1. The topological polar surface area (TPSA) is 80.6 Å². The summed E-state index contributed by atoms with van der Waals surface area (Å²) in [6, 6.07) is 2.45. The van der Waals surface area contributed by atoms with Crippen molar-refractivity contribution in [3.63, 3.8) is 0 Å². The van der Waals surface area contributed by atoms with Gasteiger partial charge in [-0.25, -0.2) is 9.78 Å². The molecule has 0 unspecified atom stereocenters. The molecule has 0 spiro atoms. The molecule has 1 N–H and O–H groups in total. The Morgan fingerprint density at radius 3 is 2.66 bits per heavy atom. The van der Waals surface area contributed by atoms with Gasteiger partial charge in [0.15, 0.2) is 5.65 Å². The zero-order chi connectivity index (χ0) is 27.4. The first-order chi connectivity index (χ1) is 18.0. The molecule has 0 radical (unpaired) electrons. The Bertz CT molecular complexity index is 1110. The van der Waals surface area contributed by atoms with Crippen LogP contribution < -0.4 is 5.32 Å². The van der Waals surface area contributed by atoms with Crippen molar-refractivity contribution in [2.75, 3.05) is 51.3 Å². The number of imidazole rings is 1. The van der Waals surface area contributed by atoms with E-state index in [-0.39, 0.29) is 12.2 Å². The summed E-state index contributed by atoms with van der Waals surface area (Å²) >= 11 is 0. The quantitative estimate of drug-likeness (QED) is 0.485. The van der Waals surface area contributed by atoms with Crippen molar-refractivity contribution in [1.29, 1.82) is 0 Å². The monoisotopic (exact) mass is 527 g/mol. The predicted molar refractivity (Wildman–Crippen MR) is 151 cm³/mol. The molecule has 1 atom stereocenters. The number of amides is 1. The molecule has 4 rings (SSSR count). The zero-order valence-corrected chi connectivity index (χ0v) is 24.0. The minimum atomic E-state index is -0.492. The Morgan fingerprint density at radius 2 is 2.00 bits per heavy atom. The Morgan fingerprint density at radius 1 is 1.26 bits per heavy atom. The minimum Gasteiger partial charge on any atom is -0.494 e. The molecule has 0 aliphatic carbocycles. The summed E-state index contributed by atoms with van der Waals surface area (Å²) in [6.07, 6.45) is 5.82. The number of hydrogen-bond acceptors (Lipinski definition) is 7. The highest BCUT2D eigenvalue weighted by Crippen LogP contribution is 2.28. The lowest BCUT2D eigenvalue weighted by Gasteiger charge is -2.38. The molecule has 2 aromatic rings. The standard InChI is InChI=1S/C29H45N5O4/c1-8-36-21(4)22-15-25(27-30-16-26(20(2)3)34(27)17-22)31-23-9-11-32(12-10-23)18-24-19-33(13-14-37-24)28(35)38-29(5,6)7/h15-17,20,23-24,31H,4,8-14,18-19H2,1-3,5-7H3/t24-/m1/s1. The van der Waals surface area contributed by atoms with Crippen LogP contribution in [0.4, 0.5) is 10.5 Å². The Hall–Kier alpha value is -2.78. The predicted octanol–water partition coefficient (Wildman–Crippen LogP) is 4.98. The van der Waals surface area contributed by atoms with E-state index in [9.17, 15) is 4.79 Å². The van der Waals surface area contributed by atoms with Crippen molar-refractivity contribution in [3.05, 3.63) is 36.3 Å². The van der Waals surface area contributed by atoms with E-state index in [0.29, 0.717) is 44.0 Å². The molecule has 9 heteroatoms. The number of ether oxygens (including phenoxy) is 3. The van der Waals surface area contributed by atoms with E-state index in [0.717, 1.165) is 55.1 Å². The normalized spacial score (nSPS) is 19.7. The fourth-order valence-corrected chi connectivity index (χ4v) is 5.14. The van der Waals surface area contributed by atoms with Gasteiger partial charge < -0.3 is 33.7 Å². The molecule has 38 heavy (non-hydrogen) atoms. The van der Waals surface area contributed by atoms with Crippen LogP contribution >= 0.6 is 0 Å². The lowest BCUT2D eigenvalue weighted by molar-refractivity contribution is -0.0538. The summed E-state index contributed by atoms with van der Waals surface area (Å²) in [4.78, 5) is 21.5. The summed E-state index contributed by atoms with van der Waals surface area (Å²) in [5.41, 5.74) is 3.58. The molecule has 2 aliphatic heterocycles. The second-order valence-corrected chi connectivity index (χ2v) is 11.7. The largest absolute Gasteiger partial charge is 0.494 e. The van der Waals surface area contributed by atoms with Crippen molar-refractivity contribution in [2.45, 2.75) is 78.0 Å². The van der Waals surface area contributed by atoms with Crippen LogP contribution in [-0.4, -0.2) is 89.0 Å². The molecule has 0 aromatic carbocycles. The van der Waals surface area contributed by atoms with Gasteiger partial charge in [0.05, 0.1) is 31.5 Å². The van der Waals surface area contributed by atoms with Crippen LogP contribution in [0.15, 0.2) is 25.0 Å². The first-order valence-corrected chi connectivity index (χ1v) is 14.0. The van der Waals surface area contributed by atoms with Gasteiger partial charge in [-0.3, -0.25) is 0 Å². The number of hydrogen-bond donors (Lipinski definition) is 1. The van der Waals surface area contributed by atoms with Gasteiger partial charge in [0.25, 0.3) is 0 Å². The van der Waals surface area contributed by atoms with Gasteiger partial charge >= 0.3 is 6.09 Å². The van der Waals surface area contributed by atoms with Crippen LogP contribution in [0.5, 0.6) is 0 Å². The van der Waals surface area contributed by atoms with Crippen LogP contribution in [0.3, 0.4) is 0 Å². The average Bonchev–Trinajstić information content (AvgIpc) is 3.29. The summed E-state index contributed by atoms with van der Waals surface area (Å²) in [7, 11) is 0. The van der Waals surface area contributed by atoms with Crippen molar-refractivity contribution >= 4 is 23.2 Å². The Balaban J connectivity index is 1.36. The molecule has 4 heterocycles. The first-order valence-electron chi connectivity index (χ1n) is 14.0. The molecule has 210 valence electrons. The second kappa shape index (κ2) is 11.9. The highest BCUT2D eigenvalue weighted by molar-refractivity contribution is 5.74. The number of anilines is 1. The van der Waals surface area contributed by atoms with E-state index < -0.39 is 5.60 Å². The number of carbonyl (C=O) groups is 1. The number of nitrogens with zero attached hydrogens (tertiary/aromatic N) is 4. The van der Waals surface area contributed by atoms with E-state index in [2.05, 4.69) is 47.3 Å². The fourth-order valence-electron chi connectivity index (χ4n) is 5.14. The summed E-state index contributed by atoms with van der Waals surface area (Å²) in [6.45, 7) is 21.2. The molecule has 2 saturated heterocycles. The number of piperidine rings is 1. The van der Waals surface area contributed by atoms with Gasteiger partial charge in [-0.05, 0) is 52.5 Å². The van der Waals surface area contributed by atoms with Gasteiger partial charge in [-0.2, -0.15) is 0 Å². The van der Waals surface area contributed by atoms with Gasteiger partial charge in [-0.15, -0.1) is 0 Å². The number of fused-ring (bicyclic) bond motifs is 1. The molecular weight excluding hydrogens is 482 g/mol. The SMILES string of the molecule is C=C(OCC)c1cc(NC2CCN(C[C@@H]3CN(C(=O)OC(C)(C)C)CCO3)CC2)c2ncc(C(C)C)n2c1. The summed E-state index contributed by atoms with van der Waals surface area (Å²) < 4.78 is 19.4. The number of nitrogens with one attached hydrogen (secondary N) is 1. The maximum Gasteiger partial charge on any atom is 0.410 e. The summed E-state index contributed by atoms with van der Waals surface area (Å²) in [5, 5.41) is 3.77. The minimum absolute atomic E-state index is 0.000959. The molecule has 0 saturated carbocycles. The number of carbonyl (C=O) groups excluding carboxylic acids is 1. The number of likely N-dealkylation sites (tertiary alicyclic amines) is 1. The van der Waals surface area contributed by atoms with E-state index in [1.54, 1.807) is 4.90 Å². The van der Waals surface area contributed by atoms with Crippen molar-refractivity contribution < 1.29 is 19.0 Å². The zero-order valence-electron chi connectivity index (χ0n) is 24.0. The van der Waals surface area contributed by atoms with Gasteiger partial charge in [0.1, 0.15) is 11.4 Å². The Labute approximate surface area is 227 Å². The number of pyridine rings is 1. The molecule has 1 amide bonds. The van der Waals surface area contributed by atoms with Gasteiger partial charge in [0.2, 0.25) is 0 Å². The van der Waals surface area contributed by atoms with Crippen molar-refractivity contribution in [1.82, 2.24) is 19.2 Å². The third-order valence-electron chi connectivity index (χ3n) is 7.07. The van der Waals surface area contributed by atoms with Crippen molar-refractivity contribution in [2.24, 2.45) is 0 Å². The molecule has 9 nitrogen and oxygen atoms in total. The molecule has 2 fully saturated rings. The lowest BCUT2D eigenvalue weighted by Crippen LogP contribution is -2.52. The molecule has 2 aliphatic rings. The van der Waals surface area contributed by atoms with Gasteiger partial charge in [0, 0.05) is 55.9 Å². The maximum absolute atomic E-state index is 12.5. The Kier molecular flexibility index (Phi) is 8.88. The van der Waals surface area contributed by atoms with Crippen LogP contribution in [0, 0.1) is 0 Å². The van der Waals surface area contributed by atoms with Crippen LogP contribution in [-0.2, 0) is 14.2 Å². The average molecular weight is 528 g/mol. The molecule has 0 bridgehead atoms. The van der Waals surface area contributed by atoms with Gasteiger partial charge in [-0.1, -0.05) is 20.4 Å². The summed E-state index contributed by atoms with van der Waals surface area (Å²) in [5.74, 6) is 1.02. The lowest BCUT2D eigenvalue weighted by atomic mass is 10.0.